The third-order valence-electron chi connectivity index (χ3n) is 5.55. The third-order valence-corrected chi connectivity index (χ3v) is 7.25. The highest BCUT2D eigenvalue weighted by Crippen LogP contribution is 2.29. The van der Waals surface area contributed by atoms with Gasteiger partial charge in [-0.25, -0.2) is 8.42 Å². The lowest BCUT2D eigenvalue weighted by Gasteiger charge is -2.17. The van der Waals surface area contributed by atoms with Gasteiger partial charge in [0.1, 0.15) is 0 Å². The molecule has 1 heterocycles. The van der Waals surface area contributed by atoms with Crippen LogP contribution in [0.2, 0.25) is 0 Å². The van der Waals surface area contributed by atoms with Crippen LogP contribution in [0.4, 0.5) is 11.4 Å². The smallest absolute Gasteiger partial charge is 0.258 e. The Hall–Kier alpha value is -3.49. The summed E-state index contributed by atoms with van der Waals surface area (Å²) in [5, 5.41) is 2.77. The van der Waals surface area contributed by atoms with Crippen LogP contribution in [0.5, 0.6) is 0 Å². The van der Waals surface area contributed by atoms with Crippen LogP contribution in [-0.4, -0.2) is 46.2 Å². The fourth-order valence-electron chi connectivity index (χ4n) is 3.73. The normalized spacial score (nSPS) is 12.9. The molecule has 1 N–H and O–H groups in total. The number of ether oxygens (including phenoxy) is 1. The van der Waals surface area contributed by atoms with E-state index < -0.39 is 9.84 Å². The predicted molar refractivity (Wildman–Crippen MR) is 127 cm³/mol. The molecule has 0 saturated carbocycles. The summed E-state index contributed by atoms with van der Waals surface area (Å²) in [6.07, 6.45) is 0.836. The summed E-state index contributed by atoms with van der Waals surface area (Å²) in [6.45, 7) is 0.751. The zero-order valence-corrected chi connectivity index (χ0v) is 19.0. The van der Waals surface area contributed by atoms with Gasteiger partial charge in [0.05, 0.1) is 17.3 Å². The largest absolute Gasteiger partial charge is 0.384 e. The van der Waals surface area contributed by atoms with Gasteiger partial charge in [-0.2, -0.15) is 0 Å². The highest BCUT2D eigenvalue weighted by molar-refractivity contribution is 7.91. The summed E-state index contributed by atoms with van der Waals surface area (Å²) in [4.78, 5) is 27.4. The second-order valence-corrected chi connectivity index (χ2v) is 9.81. The van der Waals surface area contributed by atoms with Gasteiger partial charge in [0.25, 0.3) is 11.8 Å². The number of fused-ring (bicyclic) bond motifs is 1. The van der Waals surface area contributed by atoms with Gasteiger partial charge in [-0.15, -0.1) is 0 Å². The lowest BCUT2D eigenvalue weighted by Crippen LogP contribution is -2.28. The third kappa shape index (κ3) is 4.97. The lowest BCUT2D eigenvalue weighted by molar-refractivity contribution is 0.0988. The quantitative estimate of drug-likeness (QED) is 0.577. The van der Waals surface area contributed by atoms with E-state index >= 15 is 0 Å². The number of sulfone groups is 1. The molecule has 4 rings (SSSR count). The van der Waals surface area contributed by atoms with Crippen molar-refractivity contribution in [3.63, 3.8) is 0 Å². The zero-order valence-electron chi connectivity index (χ0n) is 18.2. The molecule has 33 heavy (non-hydrogen) atoms. The van der Waals surface area contributed by atoms with Gasteiger partial charge in [0, 0.05) is 36.2 Å². The molecule has 0 radical (unpaired) electrons. The van der Waals surface area contributed by atoms with Gasteiger partial charge in [0.2, 0.25) is 0 Å². The molecule has 3 aromatic rings. The molecule has 7 nitrogen and oxygen atoms in total. The molecule has 0 aromatic heterocycles. The molecule has 1 aliphatic rings. The number of nitrogens with zero attached hydrogens (tertiary/aromatic N) is 1. The average molecular weight is 465 g/mol. The summed E-state index contributed by atoms with van der Waals surface area (Å²) < 4.78 is 29.2. The maximum atomic E-state index is 12.9. The van der Waals surface area contributed by atoms with Crippen LogP contribution in [0.1, 0.15) is 26.3 Å². The predicted octanol–water partition coefficient (Wildman–Crippen LogP) is 3.56. The van der Waals surface area contributed by atoms with Gasteiger partial charge >= 0.3 is 0 Å². The van der Waals surface area contributed by atoms with Crippen LogP contribution in [0.3, 0.4) is 0 Å². The number of amides is 2. The summed E-state index contributed by atoms with van der Waals surface area (Å²) in [7, 11) is -2.01. The van der Waals surface area contributed by atoms with E-state index in [0.29, 0.717) is 23.4 Å². The van der Waals surface area contributed by atoms with E-state index in [-0.39, 0.29) is 29.1 Å². The molecule has 0 fully saturated rings. The number of hydrogen-bond acceptors (Lipinski definition) is 5. The Morgan fingerprint density at radius 3 is 2.30 bits per heavy atom. The first-order chi connectivity index (χ1) is 15.9. The van der Waals surface area contributed by atoms with Crippen molar-refractivity contribution in [2.45, 2.75) is 11.3 Å². The van der Waals surface area contributed by atoms with E-state index in [1.54, 1.807) is 29.2 Å². The number of benzene rings is 3. The Morgan fingerprint density at radius 2 is 1.61 bits per heavy atom. The molecular formula is C25H24N2O5S. The number of carbonyl (C=O) groups excluding carboxylic acids is 2. The second-order valence-electron chi connectivity index (χ2n) is 7.70. The maximum absolute atomic E-state index is 12.9. The molecule has 3 aromatic carbocycles. The Bertz CT molecular complexity index is 1270. The highest BCUT2D eigenvalue weighted by Gasteiger charge is 2.25. The van der Waals surface area contributed by atoms with Gasteiger partial charge in [-0.05, 0) is 66.6 Å². The maximum Gasteiger partial charge on any atom is 0.258 e. The van der Waals surface area contributed by atoms with Crippen LogP contribution in [0.15, 0.2) is 77.7 Å². The fraction of sp³-hybridized carbons (Fsp3) is 0.200. The summed E-state index contributed by atoms with van der Waals surface area (Å²) in [5.74, 6) is -0.574. The molecule has 0 atom stereocenters. The molecule has 0 unspecified atom stereocenters. The number of nitrogens with one attached hydrogen (secondary N) is 1. The van der Waals surface area contributed by atoms with Gasteiger partial charge in [-0.3, -0.25) is 9.59 Å². The number of anilines is 2. The average Bonchev–Trinajstić information content (AvgIpc) is 3.27. The first-order valence-electron chi connectivity index (χ1n) is 10.5. The fourth-order valence-corrected chi connectivity index (χ4v) is 4.90. The van der Waals surface area contributed by atoms with Crippen molar-refractivity contribution >= 4 is 33.0 Å². The Labute approximate surface area is 192 Å². The number of para-hydroxylation sites is 1. The van der Waals surface area contributed by atoms with Crippen LogP contribution in [0.25, 0.3) is 0 Å². The minimum atomic E-state index is -3.46. The van der Waals surface area contributed by atoms with Crippen molar-refractivity contribution < 1.29 is 22.7 Å². The Morgan fingerprint density at radius 1 is 0.939 bits per heavy atom. The van der Waals surface area contributed by atoms with Crippen molar-refractivity contribution in [1.82, 2.24) is 0 Å². The second kappa shape index (κ2) is 9.56. The van der Waals surface area contributed by atoms with Crippen molar-refractivity contribution in [2.24, 2.45) is 0 Å². The minimum absolute atomic E-state index is 0.0805. The van der Waals surface area contributed by atoms with E-state index in [2.05, 4.69) is 5.32 Å². The number of methoxy groups -OCH3 is 1. The van der Waals surface area contributed by atoms with E-state index in [4.69, 9.17) is 4.74 Å². The number of carbonyl (C=O) groups is 2. The molecule has 170 valence electrons. The van der Waals surface area contributed by atoms with E-state index in [1.807, 2.05) is 24.3 Å². The SMILES string of the molecule is COCCS(=O)(=O)c1ccc(C(=O)Nc2ccc(C(=O)N3CCc4ccccc43)cc2)cc1. The molecule has 8 heteroatoms. The van der Waals surface area contributed by atoms with Gasteiger partial charge in [-0.1, -0.05) is 18.2 Å². The summed E-state index contributed by atoms with van der Waals surface area (Å²) in [6, 6.07) is 20.4. The Kier molecular flexibility index (Phi) is 6.57. The summed E-state index contributed by atoms with van der Waals surface area (Å²) >= 11 is 0. The summed E-state index contributed by atoms with van der Waals surface area (Å²) in [5.41, 5.74) is 3.50. The first kappa shape index (κ1) is 22.7. The minimum Gasteiger partial charge on any atom is -0.384 e. The highest BCUT2D eigenvalue weighted by atomic mass is 32.2. The first-order valence-corrected chi connectivity index (χ1v) is 12.2. The Balaban J connectivity index is 1.41. The van der Waals surface area contributed by atoms with Gasteiger partial charge in [0.15, 0.2) is 9.84 Å². The molecule has 1 aliphatic heterocycles. The zero-order chi connectivity index (χ0) is 23.4. The molecule has 0 spiro atoms. The van der Waals surface area contributed by atoms with Crippen LogP contribution < -0.4 is 10.2 Å². The van der Waals surface area contributed by atoms with E-state index in [1.165, 1.54) is 31.4 Å². The van der Waals surface area contributed by atoms with Crippen molar-refractivity contribution in [1.29, 1.82) is 0 Å². The molecule has 0 saturated heterocycles. The molecule has 0 aliphatic carbocycles. The van der Waals surface area contributed by atoms with Crippen LogP contribution in [-0.2, 0) is 21.0 Å². The van der Waals surface area contributed by atoms with E-state index in [9.17, 15) is 18.0 Å². The lowest BCUT2D eigenvalue weighted by atomic mass is 10.1. The van der Waals surface area contributed by atoms with Gasteiger partial charge < -0.3 is 15.0 Å². The monoisotopic (exact) mass is 464 g/mol. The van der Waals surface area contributed by atoms with Crippen molar-refractivity contribution in [3.05, 3.63) is 89.5 Å². The van der Waals surface area contributed by atoms with Crippen molar-refractivity contribution in [3.8, 4) is 0 Å². The molecular weight excluding hydrogens is 440 g/mol. The standard InChI is InChI=1S/C25H24N2O5S/c1-32-16-17-33(30,31)22-12-8-19(9-13-22)24(28)26-21-10-6-20(7-11-21)25(29)27-15-14-18-4-2-3-5-23(18)27/h2-13H,14-17H2,1H3,(H,26,28). The topological polar surface area (TPSA) is 92.8 Å². The van der Waals surface area contributed by atoms with E-state index in [0.717, 1.165) is 17.7 Å². The number of hydrogen-bond donors (Lipinski definition) is 1. The van der Waals surface area contributed by atoms with Crippen molar-refractivity contribution in [2.75, 3.05) is 36.2 Å². The van der Waals surface area contributed by atoms with Crippen LogP contribution in [0, 0.1) is 0 Å². The molecule has 0 bridgehead atoms. The number of rotatable bonds is 7. The van der Waals surface area contributed by atoms with Crippen LogP contribution >= 0.6 is 0 Å². The molecule has 2 amide bonds.